The number of rotatable bonds is 8. The van der Waals surface area contributed by atoms with Crippen LogP contribution in [0.25, 0.3) is 12.2 Å². The molecular formula is C24H28O6S. The van der Waals surface area contributed by atoms with Crippen molar-refractivity contribution in [3.8, 4) is 5.75 Å². The monoisotopic (exact) mass is 444 g/mol. The van der Waals surface area contributed by atoms with Crippen molar-refractivity contribution in [1.82, 2.24) is 0 Å². The van der Waals surface area contributed by atoms with Crippen LogP contribution in [0.15, 0.2) is 47.4 Å². The Labute approximate surface area is 183 Å². The highest BCUT2D eigenvalue weighted by molar-refractivity contribution is 7.85. The predicted molar refractivity (Wildman–Crippen MR) is 119 cm³/mol. The SMILES string of the molecule is CCC(c1ccc(OCC(=O)OC2C=c3ccc(S(=O)(=O)O)cc3=CC2)cc1)C(C)C. The van der Waals surface area contributed by atoms with Gasteiger partial charge in [0.25, 0.3) is 10.1 Å². The molecule has 2 aromatic carbocycles. The largest absolute Gasteiger partial charge is 0.482 e. The van der Waals surface area contributed by atoms with E-state index in [4.69, 9.17) is 14.0 Å². The van der Waals surface area contributed by atoms with Crippen molar-refractivity contribution in [3.05, 3.63) is 58.5 Å². The summed E-state index contributed by atoms with van der Waals surface area (Å²) in [5, 5.41) is 1.41. The lowest BCUT2D eigenvalue weighted by Gasteiger charge is -2.20. The van der Waals surface area contributed by atoms with E-state index < -0.39 is 22.2 Å². The highest BCUT2D eigenvalue weighted by atomic mass is 32.2. The molecule has 0 amide bonds. The summed E-state index contributed by atoms with van der Waals surface area (Å²) in [5.74, 6) is 1.18. The Kier molecular flexibility index (Phi) is 7.18. The lowest BCUT2D eigenvalue weighted by molar-refractivity contribution is -0.148. The molecule has 0 bridgehead atoms. The van der Waals surface area contributed by atoms with E-state index in [1.54, 1.807) is 18.2 Å². The van der Waals surface area contributed by atoms with E-state index in [0.29, 0.717) is 29.2 Å². The number of ether oxygens (including phenoxy) is 2. The van der Waals surface area contributed by atoms with Gasteiger partial charge < -0.3 is 9.47 Å². The van der Waals surface area contributed by atoms with Crippen molar-refractivity contribution in [1.29, 1.82) is 0 Å². The molecule has 2 aromatic rings. The molecule has 0 aromatic heterocycles. The number of hydrogen-bond acceptors (Lipinski definition) is 5. The number of hydrogen-bond donors (Lipinski definition) is 1. The maximum Gasteiger partial charge on any atom is 0.344 e. The lowest BCUT2D eigenvalue weighted by atomic mass is 9.86. The van der Waals surface area contributed by atoms with Gasteiger partial charge in [0.1, 0.15) is 11.9 Å². The van der Waals surface area contributed by atoms with Gasteiger partial charge in [0.2, 0.25) is 0 Å². The smallest absolute Gasteiger partial charge is 0.344 e. The van der Waals surface area contributed by atoms with E-state index in [2.05, 4.69) is 20.8 Å². The van der Waals surface area contributed by atoms with Gasteiger partial charge in [-0.3, -0.25) is 4.55 Å². The summed E-state index contributed by atoms with van der Waals surface area (Å²) in [6.45, 7) is 6.40. The third-order valence-electron chi connectivity index (χ3n) is 5.48. The van der Waals surface area contributed by atoms with Gasteiger partial charge >= 0.3 is 5.97 Å². The molecule has 31 heavy (non-hydrogen) atoms. The minimum absolute atomic E-state index is 0.163. The first-order valence-electron chi connectivity index (χ1n) is 10.4. The van der Waals surface area contributed by atoms with E-state index in [0.717, 1.165) is 11.6 Å². The number of carbonyl (C=O) groups is 1. The van der Waals surface area contributed by atoms with Crippen molar-refractivity contribution in [2.24, 2.45) is 5.92 Å². The van der Waals surface area contributed by atoms with Crippen molar-refractivity contribution in [2.45, 2.75) is 50.5 Å². The second-order valence-electron chi connectivity index (χ2n) is 8.02. The van der Waals surface area contributed by atoms with Crippen LogP contribution in [0.1, 0.15) is 45.1 Å². The molecule has 3 rings (SSSR count). The fourth-order valence-electron chi connectivity index (χ4n) is 3.88. The van der Waals surface area contributed by atoms with Crippen molar-refractivity contribution in [2.75, 3.05) is 6.61 Å². The molecule has 0 radical (unpaired) electrons. The van der Waals surface area contributed by atoms with Gasteiger partial charge in [-0.2, -0.15) is 8.42 Å². The number of benzene rings is 2. The van der Waals surface area contributed by atoms with Gasteiger partial charge in [-0.15, -0.1) is 0 Å². The minimum atomic E-state index is -4.25. The summed E-state index contributed by atoms with van der Waals surface area (Å²) >= 11 is 0. The minimum Gasteiger partial charge on any atom is -0.482 e. The molecule has 0 saturated carbocycles. The number of fused-ring (bicyclic) bond motifs is 1. The molecule has 166 valence electrons. The average molecular weight is 445 g/mol. The Balaban J connectivity index is 1.58. The van der Waals surface area contributed by atoms with E-state index >= 15 is 0 Å². The van der Waals surface area contributed by atoms with Gasteiger partial charge in [-0.25, -0.2) is 4.79 Å². The molecule has 6 nitrogen and oxygen atoms in total. The van der Waals surface area contributed by atoms with E-state index in [-0.39, 0.29) is 11.5 Å². The van der Waals surface area contributed by atoms with Gasteiger partial charge in [0.05, 0.1) is 4.90 Å². The standard InChI is InChI=1S/C24H28O6S/c1-4-23(16(2)3)17-5-9-20(10-6-17)29-15-24(25)30-21-11-7-19-14-22(31(26,27)28)12-8-18(19)13-21/h5-10,12-14,16,21,23H,4,11,15H2,1-3H3,(H,26,27,28). The molecule has 2 atom stereocenters. The van der Waals surface area contributed by atoms with Crippen molar-refractivity contribution < 1.29 is 27.2 Å². The second kappa shape index (κ2) is 9.66. The molecule has 1 aliphatic rings. The van der Waals surface area contributed by atoms with Crippen molar-refractivity contribution in [3.63, 3.8) is 0 Å². The summed E-state index contributed by atoms with van der Waals surface area (Å²) in [7, 11) is -4.25. The normalized spacial score (nSPS) is 16.6. The molecule has 0 heterocycles. The van der Waals surface area contributed by atoms with Crippen LogP contribution in [-0.2, 0) is 19.6 Å². The van der Waals surface area contributed by atoms with Crippen LogP contribution in [-0.4, -0.2) is 31.7 Å². The molecule has 1 N–H and O–H groups in total. The van der Waals surface area contributed by atoms with Crippen LogP contribution in [0.4, 0.5) is 0 Å². The number of esters is 1. The van der Waals surface area contributed by atoms with Crippen molar-refractivity contribution >= 4 is 28.2 Å². The summed E-state index contributed by atoms with van der Waals surface area (Å²) in [6, 6.07) is 12.1. The zero-order valence-corrected chi connectivity index (χ0v) is 18.8. The summed E-state index contributed by atoms with van der Waals surface area (Å²) in [4.78, 5) is 12.0. The van der Waals surface area contributed by atoms with Crippen LogP contribution < -0.4 is 15.2 Å². The maximum absolute atomic E-state index is 12.2. The van der Waals surface area contributed by atoms with Crippen LogP contribution in [0.2, 0.25) is 0 Å². The molecular weight excluding hydrogens is 416 g/mol. The number of carbonyl (C=O) groups excluding carboxylic acids is 1. The molecule has 2 unspecified atom stereocenters. The first-order chi connectivity index (χ1) is 14.7. The fourth-order valence-corrected chi connectivity index (χ4v) is 4.40. The Morgan fingerprint density at radius 2 is 1.84 bits per heavy atom. The Morgan fingerprint density at radius 3 is 2.45 bits per heavy atom. The summed E-state index contributed by atoms with van der Waals surface area (Å²) in [6.07, 6.45) is 4.56. The molecule has 0 saturated heterocycles. The van der Waals surface area contributed by atoms with E-state index in [1.807, 2.05) is 24.3 Å². The molecule has 7 heteroatoms. The summed E-state index contributed by atoms with van der Waals surface area (Å²) in [5.41, 5.74) is 1.26. The first kappa shape index (κ1) is 23.0. The maximum atomic E-state index is 12.2. The summed E-state index contributed by atoms with van der Waals surface area (Å²) < 4.78 is 42.7. The molecule has 0 spiro atoms. The van der Waals surface area contributed by atoms with Crippen LogP contribution in [0, 0.1) is 5.92 Å². The zero-order chi connectivity index (χ0) is 22.6. The molecule has 0 aliphatic heterocycles. The Hall–Kier alpha value is -2.64. The van der Waals surface area contributed by atoms with E-state index in [9.17, 15) is 13.2 Å². The third kappa shape index (κ3) is 5.95. The Morgan fingerprint density at radius 1 is 1.13 bits per heavy atom. The highest BCUT2D eigenvalue weighted by Gasteiger charge is 2.16. The second-order valence-corrected chi connectivity index (χ2v) is 9.44. The average Bonchev–Trinajstić information content (AvgIpc) is 2.72. The van der Waals surface area contributed by atoms with Gasteiger partial charge in [-0.05, 0) is 64.6 Å². The topological polar surface area (TPSA) is 89.9 Å². The van der Waals surface area contributed by atoms with Crippen LogP contribution in [0.5, 0.6) is 5.75 Å². The Bertz CT molecular complexity index is 1150. The molecule has 1 aliphatic carbocycles. The fraction of sp³-hybridized carbons (Fsp3) is 0.375. The first-order valence-corrected chi connectivity index (χ1v) is 11.8. The lowest BCUT2D eigenvalue weighted by Crippen LogP contribution is -2.33. The van der Waals surface area contributed by atoms with Crippen LogP contribution >= 0.6 is 0 Å². The highest BCUT2D eigenvalue weighted by Crippen LogP contribution is 2.28. The predicted octanol–water partition coefficient (Wildman–Crippen LogP) is 3.04. The quantitative estimate of drug-likeness (QED) is 0.497. The van der Waals surface area contributed by atoms with Gasteiger partial charge in [-0.1, -0.05) is 45.0 Å². The van der Waals surface area contributed by atoms with Gasteiger partial charge in [0.15, 0.2) is 6.61 Å². The third-order valence-corrected chi connectivity index (χ3v) is 6.33. The zero-order valence-electron chi connectivity index (χ0n) is 17.9. The van der Waals surface area contributed by atoms with Gasteiger partial charge in [0, 0.05) is 6.42 Å². The van der Waals surface area contributed by atoms with E-state index in [1.165, 1.54) is 17.7 Å². The van der Waals surface area contributed by atoms with Crippen LogP contribution in [0.3, 0.4) is 0 Å². The molecule has 0 fully saturated rings.